The van der Waals surface area contributed by atoms with E-state index in [1.54, 1.807) is 19.1 Å². The van der Waals surface area contributed by atoms with Gasteiger partial charge in [0.05, 0.1) is 16.3 Å². The second kappa shape index (κ2) is 6.31. The van der Waals surface area contributed by atoms with Crippen LogP contribution in [0.1, 0.15) is 22.8 Å². The summed E-state index contributed by atoms with van der Waals surface area (Å²) in [6.45, 7) is -1.38. The molecule has 0 N–H and O–H groups in total. The highest BCUT2D eigenvalue weighted by atomic mass is 79.9. The van der Waals surface area contributed by atoms with Crippen LogP contribution in [0.4, 0.5) is 8.78 Å². The van der Waals surface area contributed by atoms with Gasteiger partial charge in [-0.3, -0.25) is 4.79 Å². The van der Waals surface area contributed by atoms with E-state index in [-0.39, 0.29) is 23.0 Å². The van der Waals surface area contributed by atoms with Crippen molar-refractivity contribution >= 4 is 33.3 Å². The fraction of sp³-hybridized carbons (Fsp3) is 0.364. The van der Waals surface area contributed by atoms with Crippen LogP contribution in [-0.4, -0.2) is 17.2 Å². The molecule has 17 heavy (non-hydrogen) atoms. The number of rotatable bonds is 5. The fourth-order valence-corrected chi connectivity index (χ4v) is 1.78. The molecule has 1 rings (SSSR count). The van der Waals surface area contributed by atoms with Gasteiger partial charge in [-0.05, 0) is 13.0 Å². The molecule has 0 saturated carbocycles. The van der Waals surface area contributed by atoms with Crippen molar-refractivity contribution in [1.82, 2.24) is 0 Å². The summed E-state index contributed by atoms with van der Waals surface area (Å²) in [5.74, 6) is -0.471. The zero-order valence-corrected chi connectivity index (χ0v) is 11.3. The van der Waals surface area contributed by atoms with E-state index in [1.165, 1.54) is 6.07 Å². The maximum Gasteiger partial charge on any atom is 0.387 e. The number of para-hydroxylation sites is 1. The summed E-state index contributed by atoms with van der Waals surface area (Å²) in [5, 5.41) is 0. The number of halogens is 4. The Hall–Kier alpha value is -0.680. The predicted octanol–water partition coefficient (Wildman–Crippen LogP) is 3.99. The Bertz CT molecular complexity index is 410. The van der Waals surface area contributed by atoms with Crippen molar-refractivity contribution in [2.45, 2.75) is 24.2 Å². The second-order valence-corrected chi connectivity index (χ2v) is 4.93. The molecular weight excluding hydrogens is 317 g/mol. The third kappa shape index (κ3) is 3.64. The summed E-state index contributed by atoms with van der Waals surface area (Å²) in [4.78, 5) is 11.3. The van der Waals surface area contributed by atoms with Crippen LogP contribution in [0.25, 0.3) is 0 Å². The first-order chi connectivity index (χ1) is 7.97. The number of ether oxygens (including phenoxy) is 1. The molecule has 1 atom stereocenters. The average Bonchev–Trinajstić information content (AvgIpc) is 2.27. The molecular formula is C11H10BrClF2O2. The molecule has 1 unspecified atom stereocenters. The van der Waals surface area contributed by atoms with Gasteiger partial charge in [0.2, 0.25) is 0 Å². The summed E-state index contributed by atoms with van der Waals surface area (Å²) in [6.07, 6.45) is 0. The Labute approximate surface area is 111 Å². The van der Waals surface area contributed by atoms with Crippen LogP contribution in [0.15, 0.2) is 18.2 Å². The predicted molar refractivity (Wildman–Crippen MR) is 65.4 cm³/mol. The molecule has 0 amide bonds. The molecule has 0 bridgehead atoms. The third-order valence-electron chi connectivity index (χ3n) is 2.07. The van der Waals surface area contributed by atoms with Crippen molar-refractivity contribution in [2.75, 3.05) is 0 Å². The third-order valence-corrected chi connectivity index (χ3v) is 2.78. The first kappa shape index (κ1) is 14.4. The van der Waals surface area contributed by atoms with Crippen LogP contribution in [-0.2, 0) is 5.88 Å². The summed E-state index contributed by atoms with van der Waals surface area (Å²) in [5.41, 5.74) is 0.471. The Kier molecular flexibility index (Phi) is 5.33. The molecule has 94 valence electrons. The first-order valence-electron chi connectivity index (χ1n) is 4.78. The van der Waals surface area contributed by atoms with Gasteiger partial charge in [-0.2, -0.15) is 8.78 Å². The van der Waals surface area contributed by atoms with Crippen molar-refractivity contribution in [3.8, 4) is 5.75 Å². The van der Waals surface area contributed by atoms with Gasteiger partial charge in [-0.1, -0.05) is 28.1 Å². The van der Waals surface area contributed by atoms with Crippen LogP contribution < -0.4 is 4.74 Å². The van der Waals surface area contributed by atoms with Crippen LogP contribution in [0.2, 0.25) is 0 Å². The first-order valence-corrected chi connectivity index (χ1v) is 6.23. The zero-order valence-electron chi connectivity index (χ0n) is 8.92. The minimum absolute atomic E-state index is 0.000159. The summed E-state index contributed by atoms with van der Waals surface area (Å²) in [7, 11) is 0. The van der Waals surface area contributed by atoms with Crippen molar-refractivity contribution in [3.05, 3.63) is 29.3 Å². The van der Waals surface area contributed by atoms with Gasteiger partial charge in [-0.15, -0.1) is 11.6 Å². The van der Waals surface area contributed by atoms with Crippen molar-refractivity contribution in [1.29, 1.82) is 0 Å². The van der Waals surface area contributed by atoms with Gasteiger partial charge in [0.25, 0.3) is 0 Å². The molecule has 6 heteroatoms. The Balaban J connectivity index is 3.23. The molecule has 2 nitrogen and oxygen atoms in total. The van der Waals surface area contributed by atoms with Gasteiger partial charge in [0, 0.05) is 5.56 Å². The van der Waals surface area contributed by atoms with Crippen LogP contribution in [0.3, 0.4) is 0 Å². The molecule has 1 aromatic rings. The van der Waals surface area contributed by atoms with Crippen molar-refractivity contribution in [3.63, 3.8) is 0 Å². The number of hydrogen-bond acceptors (Lipinski definition) is 2. The van der Waals surface area contributed by atoms with Crippen LogP contribution in [0, 0.1) is 0 Å². The zero-order chi connectivity index (χ0) is 13.0. The molecule has 0 saturated heterocycles. The highest BCUT2D eigenvalue weighted by Crippen LogP contribution is 2.29. The van der Waals surface area contributed by atoms with Crippen LogP contribution >= 0.6 is 27.5 Å². The smallest absolute Gasteiger partial charge is 0.387 e. The molecule has 0 heterocycles. The van der Waals surface area contributed by atoms with Crippen molar-refractivity contribution in [2.24, 2.45) is 0 Å². The SMILES string of the molecule is CC(Br)C(=O)c1cccc(CCl)c1OC(F)F. The van der Waals surface area contributed by atoms with E-state index in [0.29, 0.717) is 5.56 Å². The molecule has 0 radical (unpaired) electrons. The van der Waals surface area contributed by atoms with Gasteiger partial charge in [0.1, 0.15) is 5.75 Å². The highest BCUT2D eigenvalue weighted by molar-refractivity contribution is 9.10. The van der Waals surface area contributed by atoms with E-state index < -0.39 is 11.4 Å². The number of Topliss-reactive ketones (excluding diaryl/α,β-unsaturated/α-hetero) is 1. The summed E-state index contributed by atoms with van der Waals surface area (Å²) < 4.78 is 29.0. The van der Waals surface area contributed by atoms with E-state index >= 15 is 0 Å². The molecule has 0 aliphatic carbocycles. The van der Waals surface area contributed by atoms with Crippen molar-refractivity contribution < 1.29 is 18.3 Å². The van der Waals surface area contributed by atoms with E-state index in [1.807, 2.05) is 0 Å². The molecule has 0 spiro atoms. The molecule has 1 aromatic carbocycles. The number of ketones is 1. The van der Waals surface area contributed by atoms with Gasteiger partial charge >= 0.3 is 6.61 Å². The Morgan fingerprint density at radius 3 is 2.65 bits per heavy atom. The molecule has 0 fully saturated rings. The maximum atomic E-state index is 12.3. The van der Waals surface area contributed by atoms with E-state index in [4.69, 9.17) is 11.6 Å². The lowest BCUT2D eigenvalue weighted by molar-refractivity contribution is -0.0506. The van der Waals surface area contributed by atoms with E-state index in [0.717, 1.165) is 0 Å². The quantitative estimate of drug-likeness (QED) is 0.604. The number of alkyl halides is 4. The number of hydrogen-bond donors (Lipinski definition) is 0. The van der Waals surface area contributed by atoms with Gasteiger partial charge in [-0.25, -0.2) is 0 Å². The molecule has 0 aromatic heterocycles. The monoisotopic (exact) mass is 326 g/mol. The number of carbonyl (C=O) groups excluding carboxylic acids is 1. The largest absolute Gasteiger partial charge is 0.434 e. The summed E-state index contributed by atoms with van der Waals surface area (Å²) in [6, 6.07) is 4.56. The van der Waals surface area contributed by atoms with E-state index in [9.17, 15) is 13.6 Å². The van der Waals surface area contributed by atoms with Gasteiger partial charge in [0.15, 0.2) is 5.78 Å². The lowest BCUT2D eigenvalue weighted by Gasteiger charge is -2.14. The minimum atomic E-state index is -2.99. The lowest BCUT2D eigenvalue weighted by Crippen LogP contribution is -2.15. The van der Waals surface area contributed by atoms with E-state index in [2.05, 4.69) is 20.7 Å². The second-order valence-electron chi connectivity index (χ2n) is 3.29. The van der Waals surface area contributed by atoms with Crippen LogP contribution in [0.5, 0.6) is 5.75 Å². The molecule has 0 aliphatic heterocycles. The molecule has 0 aliphatic rings. The van der Waals surface area contributed by atoms with Gasteiger partial charge < -0.3 is 4.74 Å². The average molecular weight is 328 g/mol. The Morgan fingerprint density at radius 1 is 1.53 bits per heavy atom. The minimum Gasteiger partial charge on any atom is -0.434 e. The normalized spacial score (nSPS) is 12.6. The lowest BCUT2D eigenvalue weighted by atomic mass is 10.0. The Morgan fingerprint density at radius 2 is 2.18 bits per heavy atom. The standard InChI is InChI=1S/C11H10BrClF2O2/c1-6(12)9(16)8-4-2-3-7(5-13)10(8)17-11(14)15/h2-4,6,11H,5H2,1H3. The summed E-state index contributed by atoms with van der Waals surface area (Å²) >= 11 is 8.72. The number of benzene rings is 1. The topological polar surface area (TPSA) is 26.3 Å². The maximum absolute atomic E-state index is 12.3. The highest BCUT2D eigenvalue weighted by Gasteiger charge is 2.21. The fourth-order valence-electron chi connectivity index (χ4n) is 1.33. The number of carbonyl (C=O) groups is 1.